The van der Waals surface area contributed by atoms with Crippen molar-refractivity contribution in [1.29, 1.82) is 0 Å². The summed E-state index contributed by atoms with van der Waals surface area (Å²) in [6.45, 7) is 6.48. The number of benzene rings is 1. The highest BCUT2D eigenvalue weighted by Crippen LogP contribution is 2.28. The van der Waals surface area contributed by atoms with Crippen molar-refractivity contribution in [1.82, 2.24) is 9.88 Å². The third-order valence-electron chi connectivity index (χ3n) is 5.07. The number of amides is 1. The van der Waals surface area contributed by atoms with Crippen LogP contribution in [0, 0.1) is 13.8 Å². The van der Waals surface area contributed by atoms with Crippen LogP contribution in [0.2, 0.25) is 0 Å². The molecule has 29 heavy (non-hydrogen) atoms. The molecule has 0 radical (unpaired) electrons. The summed E-state index contributed by atoms with van der Waals surface area (Å²) in [4.78, 5) is 15.0. The molecule has 1 amide bonds. The molecule has 1 aliphatic heterocycles. The van der Waals surface area contributed by atoms with Crippen molar-refractivity contribution in [3.63, 3.8) is 0 Å². The number of para-hydroxylation sites is 2. The van der Waals surface area contributed by atoms with Gasteiger partial charge in [0.15, 0.2) is 5.76 Å². The summed E-state index contributed by atoms with van der Waals surface area (Å²) in [5.41, 5.74) is 1.90. The quantitative estimate of drug-likeness (QED) is 0.744. The van der Waals surface area contributed by atoms with Crippen molar-refractivity contribution in [2.24, 2.45) is 0 Å². The Balaban J connectivity index is 1.73. The summed E-state index contributed by atoms with van der Waals surface area (Å²) in [6, 6.07) is 6.66. The number of hydrogen-bond acceptors (Lipinski definition) is 6. The van der Waals surface area contributed by atoms with Crippen molar-refractivity contribution in [3.8, 4) is 0 Å². The van der Waals surface area contributed by atoms with Crippen LogP contribution in [0.5, 0.6) is 0 Å². The lowest BCUT2D eigenvalue weighted by atomic mass is 10.2. The van der Waals surface area contributed by atoms with Gasteiger partial charge in [-0.25, -0.2) is 8.42 Å². The van der Waals surface area contributed by atoms with E-state index in [0.29, 0.717) is 5.69 Å². The number of carbonyl (C=O) groups is 1. The van der Waals surface area contributed by atoms with Gasteiger partial charge in [0.2, 0.25) is 15.9 Å². The summed E-state index contributed by atoms with van der Waals surface area (Å²) in [5.74, 6) is -0.239. The molecular weight excluding hydrogens is 392 g/mol. The second kappa shape index (κ2) is 8.96. The number of carbonyl (C=O) groups excluding carboxylic acids is 1. The highest BCUT2D eigenvalue weighted by atomic mass is 32.2. The zero-order valence-electron chi connectivity index (χ0n) is 17.1. The molecule has 1 atom stereocenters. The third kappa shape index (κ3) is 4.97. The molecule has 158 valence electrons. The van der Waals surface area contributed by atoms with Crippen LogP contribution in [0.3, 0.4) is 0 Å². The van der Waals surface area contributed by atoms with Crippen LogP contribution in [0.15, 0.2) is 33.7 Å². The minimum absolute atomic E-state index is 0.0258. The zero-order valence-corrected chi connectivity index (χ0v) is 17.9. The summed E-state index contributed by atoms with van der Waals surface area (Å²) < 4.78 is 32.7. The molecule has 2 heterocycles. The molecule has 0 spiro atoms. The van der Waals surface area contributed by atoms with Crippen LogP contribution >= 0.6 is 0 Å². The number of nitrogens with zero attached hydrogens (tertiary/aromatic N) is 2. The molecule has 9 heteroatoms. The summed E-state index contributed by atoms with van der Waals surface area (Å²) in [5, 5.41) is 6.55. The Morgan fingerprint density at radius 3 is 2.41 bits per heavy atom. The standard InChI is InChI=1S/C20H28N4O4S/c1-14-19(16(3)28-22-14)29(26,27)23-15(2)20(25)21-17-10-6-7-11-18(17)24-12-8-4-5-9-13-24/h6-7,10-11,15,23H,4-5,8-9,12-13H2,1-3H3,(H,21,25)/t15-/m0/s1. The number of anilines is 2. The van der Waals surface area contributed by atoms with E-state index in [1.807, 2.05) is 24.3 Å². The predicted molar refractivity (Wildman–Crippen MR) is 112 cm³/mol. The van der Waals surface area contributed by atoms with E-state index in [1.54, 1.807) is 6.92 Å². The monoisotopic (exact) mass is 420 g/mol. The predicted octanol–water partition coefficient (Wildman–Crippen LogP) is 2.98. The molecule has 1 fully saturated rings. The van der Waals surface area contributed by atoms with Crippen molar-refractivity contribution >= 4 is 27.3 Å². The number of hydrogen-bond donors (Lipinski definition) is 2. The fourth-order valence-electron chi connectivity index (χ4n) is 3.61. The highest BCUT2D eigenvalue weighted by molar-refractivity contribution is 7.89. The van der Waals surface area contributed by atoms with Crippen molar-refractivity contribution < 1.29 is 17.7 Å². The van der Waals surface area contributed by atoms with Gasteiger partial charge in [-0.05, 0) is 45.7 Å². The average Bonchev–Trinajstić information content (AvgIpc) is 2.86. The maximum atomic E-state index is 12.7. The van der Waals surface area contributed by atoms with Gasteiger partial charge in [-0.1, -0.05) is 30.1 Å². The molecule has 1 saturated heterocycles. The van der Waals surface area contributed by atoms with E-state index in [9.17, 15) is 13.2 Å². The third-order valence-corrected chi connectivity index (χ3v) is 6.85. The van der Waals surface area contributed by atoms with Gasteiger partial charge in [0.1, 0.15) is 10.6 Å². The van der Waals surface area contributed by atoms with E-state index in [-0.39, 0.29) is 16.3 Å². The molecule has 0 saturated carbocycles. The first-order valence-electron chi connectivity index (χ1n) is 9.89. The largest absolute Gasteiger partial charge is 0.370 e. The molecule has 1 aliphatic rings. The molecule has 1 aromatic carbocycles. The molecule has 0 bridgehead atoms. The van der Waals surface area contributed by atoms with E-state index < -0.39 is 22.0 Å². The normalized spacial score (nSPS) is 16.3. The van der Waals surface area contributed by atoms with Crippen LogP contribution < -0.4 is 14.9 Å². The number of aromatic nitrogens is 1. The summed E-state index contributed by atoms with van der Waals surface area (Å²) >= 11 is 0. The average molecular weight is 421 g/mol. The Kier molecular flexibility index (Phi) is 6.59. The second-order valence-corrected chi connectivity index (χ2v) is 9.05. The molecule has 3 rings (SSSR count). The molecule has 2 aromatic rings. The van der Waals surface area contributed by atoms with Gasteiger partial charge in [0.05, 0.1) is 17.4 Å². The van der Waals surface area contributed by atoms with E-state index in [1.165, 1.54) is 26.7 Å². The fourth-order valence-corrected chi connectivity index (χ4v) is 5.14. The smallest absolute Gasteiger partial charge is 0.246 e. The number of rotatable bonds is 6. The van der Waals surface area contributed by atoms with Gasteiger partial charge < -0.3 is 14.7 Å². The van der Waals surface area contributed by atoms with E-state index in [0.717, 1.165) is 31.6 Å². The van der Waals surface area contributed by atoms with E-state index in [4.69, 9.17) is 4.52 Å². The van der Waals surface area contributed by atoms with E-state index >= 15 is 0 Å². The van der Waals surface area contributed by atoms with Crippen LogP contribution in [0.1, 0.15) is 44.1 Å². The Labute approximate surface area is 171 Å². The van der Waals surface area contributed by atoms with Crippen LogP contribution in [-0.4, -0.2) is 38.6 Å². The van der Waals surface area contributed by atoms with Crippen molar-refractivity contribution in [2.45, 2.75) is 57.4 Å². The molecule has 2 N–H and O–H groups in total. The maximum absolute atomic E-state index is 12.7. The molecular formula is C20H28N4O4S. The van der Waals surface area contributed by atoms with Crippen LogP contribution in [0.4, 0.5) is 11.4 Å². The molecule has 0 unspecified atom stereocenters. The first kappa shape index (κ1) is 21.3. The summed E-state index contributed by atoms with van der Waals surface area (Å²) in [7, 11) is -3.93. The van der Waals surface area contributed by atoms with Gasteiger partial charge >= 0.3 is 0 Å². The zero-order chi connectivity index (χ0) is 21.0. The Hall–Kier alpha value is -2.39. The first-order valence-corrected chi connectivity index (χ1v) is 11.4. The Morgan fingerprint density at radius 2 is 1.79 bits per heavy atom. The topological polar surface area (TPSA) is 105 Å². The lowest BCUT2D eigenvalue weighted by Gasteiger charge is -2.26. The number of nitrogens with one attached hydrogen (secondary N) is 2. The van der Waals surface area contributed by atoms with Crippen molar-refractivity contribution in [3.05, 3.63) is 35.7 Å². The van der Waals surface area contributed by atoms with Crippen molar-refractivity contribution in [2.75, 3.05) is 23.3 Å². The van der Waals surface area contributed by atoms with Gasteiger partial charge in [-0.2, -0.15) is 4.72 Å². The van der Waals surface area contributed by atoms with Gasteiger partial charge in [0.25, 0.3) is 0 Å². The Morgan fingerprint density at radius 1 is 1.14 bits per heavy atom. The molecule has 8 nitrogen and oxygen atoms in total. The first-order chi connectivity index (χ1) is 13.8. The minimum Gasteiger partial charge on any atom is -0.370 e. The second-order valence-electron chi connectivity index (χ2n) is 7.40. The fraction of sp³-hybridized carbons (Fsp3) is 0.500. The lowest BCUT2D eigenvalue weighted by molar-refractivity contribution is -0.117. The van der Waals surface area contributed by atoms with Crippen LogP contribution in [0.25, 0.3) is 0 Å². The Bertz CT molecular complexity index is 943. The van der Waals surface area contributed by atoms with E-state index in [2.05, 4.69) is 20.1 Å². The van der Waals surface area contributed by atoms with Crippen LogP contribution in [-0.2, 0) is 14.8 Å². The van der Waals surface area contributed by atoms with Gasteiger partial charge in [0, 0.05) is 13.1 Å². The number of sulfonamides is 1. The maximum Gasteiger partial charge on any atom is 0.246 e. The van der Waals surface area contributed by atoms with Gasteiger partial charge in [-0.3, -0.25) is 4.79 Å². The summed E-state index contributed by atoms with van der Waals surface area (Å²) in [6.07, 6.45) is 4.67. The SMILES string of the molecule is Cc1noc(C)c1S(=O)(=O)N[C@@H](C)C(=O)Nc1ccccc1N1CCCCCC1. The molecule has 1 aromatic heterocycles. The lowest BCUT2D eigenvalue weighted by Crippen LogP contribution is -2.42. The highest BCUT2D eigenvalue weighted by Gasteiger charge is 2.28. The van der Waals surface area contributed by atoms with Gasteiger partial charge in [-0.15, -0.1) is 0 Å². The molecule has 0 aliphatic carbocycles. The number of aryl methyl sites for hydroxylation is 2. The minimum atomic E-state index is -3.93.